The largest absolute Gasteiger partial charge is 0.457 e. The maximum Gasteiger partial charge on any atom is 0.416 e. The number of hydrogen-bond acceptors (Lipinski definition) is 3. The summed E-state index contributed by atoms with van der Waals surface area (Å²) in [7, 11) is 0. The highest BCUT2D eigenvalue weighted by molar-refractivity contribution is 5.81. The van der Waals surface area contributed by atoms with E-state index in [1.165, 1.54) is 12.1 Å². The van der Waals surface area contributed by atoms with Crippen LogP contribution in [0.25, 0.3) is 33.9 Å². The van der Waals surface area contributed by atoms with Crippen molar-refractivity contribution in [3.8, 4) is 45.4 Å². The molecule has 0 bridgehead atoms. The van der Waals surface area contributed by atoms with Gasteiger partial charge in [0.2, 0.25) is 0 Å². The molecule has 4 nitrogen and oxygen atoms in total. The second-order valence-corrected chi connectivity index (χ2v) is 7.56. The van der Waals surface area contributed by atoms with Crippen LogP contribution in [0.3, 0.4) is 0 Å². The van der Waals surface area contributed by atoms with Crippen molar-refractivity contribution in [1.29, 1.82) is 0 Å². The van der Waals surface area contributed by atoms with E-state index in [0.29, 0.717) is 28.6 Å². The van der Waals surface area contributed by atoms with E-state index >= 15 is 0 Å². The summed E-state index contributed by atoms with van der Waals surface area (Å²) in [6.45, 7) is 0. The molecule has 0 aliphatic heterocycles. The standard InChI is InChI=1S/C27H18F3N3O/c28-27(29,30)21-11-9-19(10-12-21)26-32-24(18-13-15-31-16-14-18)25(33-26)20-5-4-8-23(17-20)34-22-6-2-1-3-7-22/h1-17H,(H,32,33). The summed E-state index contributed by atoms with van der Waals surface area (Å²) in [6, 6.07) is 25.6. The second kappa shape index (κ2) is 8.86. The van der Waals surface area contributed by atoms with Gasteiger partial charge in [0.05, 0.1) is 17.0 Å². The van der Waals surface area contributed by atoms with Gasteiger partial charge in [0.1, 0.15) is 17.3 Å². The summed E-state index contributed by atoms with van der Waals surface area (Å²) in [4.78, 5) is 12.1. The maximum absolute atomic E-state index is 13.0. The molecule has 5 aromatic rings. The smallest absolute Gasteiger partial charge is 0.416 e. The van der Waals surface area contributed by atoms with Crippen LogP contribution in [0.15, 0.2) is 103 Å². The zero-order valence-corrected chi connectivity index (χ0v) is 17.8. The molecule has 34 heavy (non-hydrogen) atoms. The molecule has 2 heterocycles. The highest BCUT2D eigenvalue weighted by Crippen LogP contribution is 2.36. The van der Waals surface area contributed by atoms with Gasteiger partial charge in [0, 0.05) is 29.1 Å². The maximum atomic E-state index is 13.0. The fourth-order valence-electron chi connectivity index (χ4n) is 3.59. The first-order valence-corrected chi connectivity index (χ1v) is 10.5. The van der Waals surface area contributed by atoms with Crippen LogP contribution in [0.2, 0.25) is 0 Å². The summed E-state index contributed by atoms with van der Waals surface area (Å²) in [5.41, 5.74) is 2.88. The lowest BCUT2D eigenvalue weighted by atomic mass is 10.1. The van der Waals surface area contributed by atoms with Crippen LogP contribution in [-0.2, 0) is 6.18 Å². The summed E-state index contributed by atoms with van der Waals surface area (Å²) in [6.07, 6.45) is -1.05. The van der Waals surface area contributed by atoms with E-state index < -0.39 is 11.7 Å². The number of pyridine rings is 1. The lowest BCUT2D eigenvalue weighted by Crippen LogP contribution is -2.04. The van der Waals surface area contributed by atoms with E-state index in [1.54, 1.807) is 12.4 Å². The molecule has 0 spiro atoms. The Morgan fingerprint density at radius 2 is 1.38 bits per heavy atom. The van der Waals surface area contributed by atoms with Crippen molar-refractivity contribution < 1.29 is 17.9 Å². The normalized spacial score (nSPS) is 11.4. The molecule has 0 amide bonds. The number of nitrogens with zero attached hydrogens (tertiary/aromatic N) is 2. The quantitative estimate of drug-likeness (QED) is 0.295. The van der Waals surface area contributed by atoms with Crippen LogP contribution in [0, 0.1) is 0 Å². The van der Waals surface area contributed by atoms with Gasteiger partial charge in [-0.1, -0.05) is 42.5 Å². The average Bonchev–Trinajstić information content (AvgIpc) is 3.31. The second-order valence-electron chi connectivity index (χ2n) is 7.56. The fraction of sp³-hybridized carbons (Fsp3) is 0.0370. The molecular weight excluding hydrogens is 439 g/mol. The van der Waals surface area contributed by atoms with Crippen LogP contribution < -0.4 is 4.74 Å². The first-order chi connectivity index (χ1) is 16.5. The van der Waals surface area contributed by atoms with Gasteiger partial charge >= 0.3 is 6.18 Å². The Hall–Kier alpha value is -4.39. The summed E-state index contributed by atoms with van der Waals surface area (Å²) >= 11 is 0. The van der Waals surface area contributed by atoms with Crippen LogP contribution in [0.1, 0.15) is 5.56 Å². The van der Waals surface area contributed by atoms with Gasteiger partial charge in [-0.05, 0) is 48.5 Å². The van der Waals surface area contributed by atoms with Crippen molar-refractivity contribution in [1.82, 2.24) is 15.0 Å². The first kappa shape index (κ1) is 21.5. The Bertz CT molecular complexity index is 1400. The van der Waals surface area contributed by atoms with Crippen molar-refractivity contribution >= 4 is 0 Å². The third-order valence-electron chi connectivity index (χ3n) is 5.24. The van der Waals surface area contributed by atoms with Crippen molar-refractivity contribution in [3.05, 3.63) is 109 Å². The lowest BCUT2D eigenvalue weighted by Gasteiger charge is -2.08. The predicted octanol–water partition coefficient (Wildman–Crippen LogP) is 7.62. The molecule has 3 aromatic carbocycles. The molecule has 0 saturated heterocycles. The van der Waals surface area contributed by atoms with E-state index in [1.807, 2.05) is 66.7 Å². The number of H-pyrrole nitrogens is 1. The topological polar surface area (TPSA) is 50.8 Å². The minimum absolute atomic E-state index is 0.463. The number of para-hydroxylation sites is 1. The SMILES string of the molecule is FC(F)(F)c1ccc(-c2nc(-c3cccc(Oc4ccccc4)c3)c(-c3ccncc3)[nH]2)cc1. The van der Waals surface area contributed by atoms with Gasteiger partial charge in [0.15, 0.2) is 0 Å². The van der Waals surface area contributed by atoms with Crippen molar-refractivity contribution in [2.75, 3.05) is 0 Å². The van der Waals surface area contributed by atoms with Crippen LogP contribution >= 0.6 is 0 Å². The Balaban J connectivity index is 1.57. The molecule has 5 rings (SSSR count). The Morgan fingerprint density at radius 3 is 2.09 bits per heavy atom. The molecular formula is C27H18F3N3O. The number of alkyl halides is 3. The average molecular weight is 457 g/mol. The van der Waals surface area contributed by atoms with Gasteiger partial charge in [-0.3, -0.25) is 4.98 Å². The molecule has 0 unspecified atom stereocenters. The predicted molar refractivity (Wildman–Crippen MR) is 124 cm³/mol. The molecule has 1 N–H and O–H groups in total. The van der Waals surface area contributed by atoms with E-state index in [-0.39, 0.29) is 0 Å². The van der Waals surface area contributed by atoms with E-state index in [0.717, 1.165) is 29.0 Å². The van der Waals surface area contributed by atoms with Gasteiger partial charge < -0.3 is 9.72 Å². The number of benzene rings is 3. The zero-order valence-electron chi connectivity index (χ0n) is 17.8. The van der Waals surface area contributed by atoms with Gasteiger partial charge in [-0.25, -0.2) is 4.98 Å². The van der Waals surface area contributed by atoms with Crippen molar-refractivity contribution in [3.63, 3.8) is 0 Å². The Labute approximate surface area is 193 Å². The molecule has 0 aliphatic carbocycles. The van der Waals surface area contributed by atoms with E-state index in [9.17, 15) is 13.2 Å². The third kappa shape index (κ3) is 4.54. The minimum Gasteiger partial charge on any atom is -0.457 e. The molecule has 0 atom stereocenters. The van der Waals surface area contributed by atoms with E-state index in [2.05, 4.69) is 9.97 Å². The number of nitrogens with one attached hydrogen (secondary N) is 1. The first-order valence-electron chi connectivity index (χ1n) is 10.5. The van der Waals surface area contributed by atoms with Gasteiger partial charge in [0.25, 0.3) is 0 Å². The fourth-order valence-corrected chi connectivity index (χ4v) is 3.59. The minimum atomic E-state index is -4.39. The molecule has 2 aromatic heterocycles. The molecule has 0 radical (unpaired) electrons. The summed E-state index contributed by atoms with van der Waals surface area (Å²) in [5.74, 6) is 1.81. The molecule has 0 saturated carbocycles. The van der Waals surface area contributed by atoms with Crippen molar-refractivity contribution in [2.24, 2.45) is 0 Å². The number of ether oxygens (including phenoxy) is 1. The number of aromatic nitrogens is 3. The Morgan fingerprint density at radius 1 is 0.676 bits per heavy atom. The molecule has 0 aliphatic rings. The van der Waals surface area contributed by atoms with Crippen LogP contribution in [0.4, 0.5) is 13.2 Å². The lowest BCUT2D eigenvalue weighted by molar-refractivity contribution is -0.137. The number of rotatable bonds is 5. The molecule has 7 heteroatoms. The van der Waals surface area contributed by atoms with E-state index in [4.69, 9.17) is 9.72 Å². The van der Waals surface area contributed by atoms with Crippen LogP contribution in [0.5, 0.6) is 11.5 Å². The number of aromatic amines is 1. The molecule has 0 fully saturated rings. The monoisotopic (exact) mass is 457 g/mol. The molecule has 168 valence electrons. The van der Waals surface area contributed by atoms with Crippen molar-refractivity contribution in [2.45, 2.75) is 6.18 Å². The van der Waals surface area contributed by atoms with Gasteiger partial charge in [-0.15, -0.1) is 0 Å². The van der Waals surface area contributed by atoms with Crippen LogP contribution in [-0.4, -0.2) is 15.0 Å². The number of halogens is 3. The summed E-state index contributed by atoms with van der Waals surface area (Å²) in [5, 5.41) is 0. The highest BCUT2D eigenvalue weighted by atomic mass is 19.4. The van der Waals surface area contributed by atoms with Gasteiger partial charge in [-0.2, -0.15) is 13.2 Å². The number of hydrogen-bond donors (Lipinski definition) is 1. The summed E-state index contributed by atoms with van der Waals surface area (Å²) < 4.78 is 44.9. The Kier molecular flexibility index (Phi) is 5.59. The number of imidazole rings is 1. The third-order valence-corrected chi connectivity index (χ3v) is 5.24. The zero-order chi connectivity index (χ0) is 23.5. The highest BCUT2D eigenvalue weighted by Gasteiger charge is 2.30.